The van der Waals surface area contributed by atoms with E-state index in [2.05, 4.69) is 26.6 Å². The summed E-state index contributed by atoms with van der Waals surface area (Å²) >= 11 is 1.32. The van der Waals surface area contributed by atoms with Crippen molar-refractivity contribution in [3.8, 4) is 11.5 Å². The van der Waals surface area contributed by atoms with E-state index in [1.54, 1.807) is 24.5 Å². The predicted molar refractivity (Wildman–Crippen MR) is 229 cm³/mol. The Balaban J connectivity index is 1.57. The average molecular weight is 914 g/mol. The molecular weight excluding hydrogens is 863 g/mol. The van der Waals surface area contributed by atoms with Crippen molar-refractivity contribution in [3.63, 3.8) is 0 Å². The molecule has 1 aromatic heterocycles. The number of phenols is 2. The number of aliphatic carboxylic acids is 2. The SMILES string of the molecule is CSCC[C@H](NC(=O)NC(Cc1cccc(O)c1)C(=O)O)C(=O)NC(CN(C)C(=O)[C@@H](N)C(Cc1cccc(O)c1)NCC(=O)O)C(=O)N/C=C1/C[C@@H](O)[C@H](n2ccc(=O)[nH]c2=O)O1. The van der Waals surface area contributed by atoms with Gasteiger partial charge in [-0.3, -0.25) is 33.5 Å². The Morgan fingerprint density at radius 3 is 2.17 bits per heavy atom. The minimum absolute atomic E-state index is 0.00388. The number of amides is 5. The highest BCUT2D eigenvalue weighted by atomic mass is 32.2. The number of aromatic hydroxyl groups is 2. The molecule has 2 aromatic carbocycles. The fourth-order valence-corrected chi connectivity index (χ4v) is 7.00. The van der Waals surface area contributed by atoms with Crippen LogP contribution in [-0.4, -0.2) is 144 Å². The van der Waals surface area contributed by atoms with Gasteiger partial charge in [-0.15, -0.1) is 0 Å². The first-order valence-corrected chi connectivity index (χ1v) is 21.0. The third kappa shape index (κ3) is 14.9. The lowest BCUT2D eigenvalue weighted by Gasteiger charge is -2.30. The van der Waals surface area contributed by atoms with Crippen molar-refractivity contribution < 1.29 is 59.0 Å². The maximum atomic E-state index is 13.9. The van der Waals surface area contributed by atoms with Gasteiger partial charge in [0, 0.05) is 50.9 Å². The number of rotatable bonds is 22. The second-order valence-corrected chi connectivity index (χ2v) is 15.7. The van der Waals surface area contributed by atoms with E-state index in [1.807, 2.05) is 4.98 Å². The van der Waals surface area contributed by atoms with Gasteiger partial charge in [0.2, 0.25) is 23.9 Å². The summed E-state index contributed by atoms with van der Waals surface area (Å²) in [6.45, 7) is -1.14. The van der Waals surface area contributed by atoms with Gasteiger partial charge in [-0.1, -0.05) is 24.3 Å². The molecule has 1 saturated heterocycles. The lowest BCUT2D eigenvalue weighted by molar-refractivity contribution is -0.139. The molecule has 3 unspecified atom stereocenters. The van der Waals surface area contributed by atoms with Crippen LogP contribution < -0.4 is 43.6 Å². The molecule has 24 heteroatoms. The highest BCUT2D eigenvalue weighted by Crippen LogP contribution is 2.29. The number of H-pyrrole nitrogens is 1. The van der Waals surface area contributed by atoms with Crippen molar-refractivity contribution in [2.24, 2.45) is 5.73 Å². The van der Waals surface area contributed by atoms with Crippen molar-refractivity contribution in [2.75, 3.05) is 32.1 Å². The predicted octanol–water partition coefficient (Wildman–Crippen LogP) is -2.14. The number of aromatic amines is 1. The van der Waals surface area contributed by atoms with E-state index >= 15 is 0 Å². The minimum Gasteiger partial charge on any atom is -0.508 e. The average Bonchev–Trinajstić information content (AvgIpc) is 3.61. The molecule has 64 heavy (non-hydrogen) atoms. The number of nitrogens with one attached hydrogen (secondary N) is 6. The molecule has 0 radical (unpaired) electrons. The Kier molecular flexibility index (Phi) is 18.3. The maximum Gasteiger partial charge on any atom is 0.331 e. The first-order chi connectivity index (χ1) is 30.3. The molecule has 0 aliphatic carbocycles. The van der Waals surface area contributed by atoms with Crippen LogP contribution in [0.4, 0.5) is 4.79 Å². The van der Waals surface area contributed by atoms with Gasteiger partial charge in [-0.25, -0.2) is 14.4 Å². The molecule has 0 bridgehead atoms. The molecule has 4 rings (SSSR count). The molecule has 2 heterocycles. The van der Waals surface area contributed by atoms with Crippen LogP contribution in [-0.2, 0) is 41.6 Å². The molecule has 1 fully saturated rings. The Hall–Kier alpha value is -6.89. The van der Waals surface area contributed by atoms with Crippen LogP contribution in [0.5, 0.6) is 11.5 Å². The molecule has 0 spiro atoms. The Bertz CT molecular complexity index is 2310. The summed E-state index contributed by atoms with van der Waals surface area (Å²) in [7, 11) is 1.27. The van der Waals surface area contributed by atoms with Crippen LogP contribution in [0.15, 0.2) is 82.3 Å². The van der Waals surface area contributed by atoms with Gasteiger partial charge in [0.15, 0.2) is 0 Å². The molecule has 13 N–H and O–H groups in total. The van der Waals surface area contributed by atoms with Crippen LogP contribution in [0.3, 0.4) is 0 Å². The number of benzene rings is 2. The molecule has 3 aromatic rings. The van der Waals surface area contributed by atoms with Crippen LogP contribution in [0.25, 0.3) is 0 Å². The normalized spacial score (nSPS) is 17.5. The number of ether oxygens (including phenoxy) is 1. The second kappa shape index (κ2) is 23.5. The van der Waals surface area contributed by atoms with Gasteiger partial charge in [0.05, 0.1) is 6.54 Å². The summed E-state index contributed by atoms with van der Waals surface area (Å²) in [5.41, 5.74) is 5.75. The number of phenolic OH excluding ortho intramolecular Hbond substituents is 2. The number of urea groups is 1. The number of nitrogens with two attached hydrogens (primary N) is 1. The first kappa shape index (κ1) is 49.8. The lowest BCUT2D eigenvalue weighted by atomic mass is 9.98. The highest BCUT2D eigenvalue weighted by Gasteiger charge is 2.35. The summed E-state index contributed by atoms with van der Waals surface area (Å²) in [6.07, 6.45) is 0.886. The molecule has 7 atom stereocenters. The van der Waals surface area contributed by atoms with Gasteiger partial charge < -0.3 is 67.5 Å². The van der Waals surface area contributed by atoms with E-state index in [1.165, 1.54) is 49.1 Å². The fraction of sp³-hybridized carbons (Fsp3) is 0.400. The monoisotopic (exact) mass is 913 g/mol. The Labute approximate surface area is 369 Å². The number of nitrogens with zero attached hydrogens (tertiary/aromatic N) is 2. The van der Waals surface area contributed by atoms with E-state index < -0.39 is 103 Å². The number of aliphatic hydroxyl groups excluding tert-OH is 1. The van der Waals surface area contributed by atoms with Crippen LogP contribution >= 0.6 is 11.8 Å². The van der Waals surface area contributed by atoms with Gasteiger partial charge >= 0.3 is 23.7 Å². The van der Waals surface area contributed by atoms with Gasteiger partial charge in [0.25, 0.3) is 5.56 Å². The summed E-state index contributed by atoms with van der Waals surface area (Å²) in [5, 5.41) is 62.0. The van der Waals surface area contributed by atoms with E-state index in [4.69, 9.17) is 10.5 Å². The third-order valence-corrected chi connectivity index (χ3v) is 10.4. The maximum absolute atomic E-state index is 13.9. The van der Waals surface area contributed by atoms with E-state index in [-0.39, 0.29) is 42.9 Å². The van der Waals surface area contributed by atoms with Gasteiger partial charge in [-0.05, 0) is 60.2 Å². The van der Waals surface area contributed by atoms with Crippen LogP contribution in [0.2, 0.25) is 0 Å². The molecule has 5 amide bonds. The summed E-state index contributed by atoms with van der Waals surface area (Å²) in [5.74, 6) is -5.22. The first-order valence-electron chi connectivity index (χ1n) is 19.6. The zero-order chi connectivity index (χ0) is 47.1. The van der Waals surface area contributed by atoms with E-state index in [9.17, 15) is 63.9 Å². The number of carbonyl (C=O) groups is 6. The van der Waals surface area contributed by atoms with Crippen LogP contribution in [0, 0.1) is 0 Å². The largest absolute Gasteiger partial charge is 0.508 e. The second-order valence-electron chi connectivity index (χ2n) is 14.7. The summed E-state index contributed by atoms with van der Waals surface area (Å²) in [6, 6.07) is 4.88. The third-order valence-electron chi connectivity index (χ3n) is 9.76. The Morgan fingerprint density at radius 2 is 1.58 bits per heavy atom. The van der Waals surface area contributed by atoms with Crippen molar-refractivity contribution >= 4 is 47.5 Å². The Morgan fingerprint density at radius 1 is 0.938 bits per heavy atom. The number of aliphatic hydroxyl groups is 1. The molecular formula is C40H51N9O14S. The van der Waals surface area contributed by atoms with E-state index in [0.717, 1.165) is 27.9 Å². The lowest BCUT2D eigenvalue weighted by Crippen LogP contribution is -2.60. The van der Waals surface area contributed by atoms with Crippen molar-refractivity contribution in [1.82, 2.24) is 41.0 Å². The number of thioether (sulfide) groups is 1. The number of likely N-dealkylation sites (N-methyl/N-ethyl adjacent to an activating group) is 1. The number of carboxylic acids is 2. The van der Waals surface area contributed by atoms with Gasteiger partial charge in [0.1, 0.15) is 47.5 Å². The zero-order valence-electron chi connectivity index (χ0n) is 34.6. The molecule has 0 saturated carbocycles. The topological polar surface area (TPSA) is 357 Å². The summed E-state index contributed by atoms with van der Waals surface area (Å²) < 4.78 is 6.61. The number of hydrogen-bond donors (Lipinski definition) is 12. The van der Waals surface area contributed by atoms with E-state index in [0.29, 0.717) is 16.9 Å². The number of carbonyl (C=O) groups excluding carboxylic acids is 4. The fourth-order valence-electron chi connectivity index (χ4n) is 6.52. The summed E-state index contributed by atoms with van der Waals surface area (Å²) in [4.78, 5) is 105. The van der Waals surface area contributed by atoms with Crippen molar-refractivity contribution in [2.45, 2.75) is 68.2 Å². The quantitative estimate of drug-likeness (QED) is 0.0512. The number of hydrogen-bond acceptors (Lipinski definition) is 15. The molecule has 23 nitrogen and oxygen atoms in total. The van der Waals surface area contributed by atoms with Crippen LogP contribution in [0.1, 0.15) is 30.2 Å². The highest BCUT2D eigenvalue weighted by molar-refractivity contribution is 7.98. The van der Waals surface area contributed by atoms with Gasteiger partial charge in [-0.2, -0.15) is 11.8 Å². The standard InChI is InChI=1S/C40H51N9O14S/c1-48(36(58)33(41)27(42-19-32(54)55)15-21-5-3-7-23(50)13-21)20-29(34(56)43-18-25-17-30(52)37(63-25)49-11-9-31(53)47-40(49)62)44-35(57)26(10-12-64-2)45-39(61)46-28(38(59)60)16-22-6-4-8-24(51)14-22/h3-9,11,13-14,18,26-30,33,37,42,50-52H,10,12,15-17,19-20,41H2,1-2H3,(H,43,56)(H,44,57)(H,54,55)(H,59,60)(H2,45,46,61)(H,47,53,62)/b25-18-/t26-,27?,28?,29?,30+,33-,37+/m0/s1. The minimum atomic E-state index is -1.61. The van der Waals surface area contributed by atoms with Crippen molar-refractivity contribution in [1.29, 1.82) is 0 Å². The molecule has 1 aliphatic heterocycles. The number of carboxylic acid groups (broad SMARTS) is 2. The number of aromatic nitrogens is 2. The van der Waals surface area contributed by atoms with Crippen molar-refractivity contribution in [3.05, 3.63) is 105 Å². The molecule has 1 aliphatic rings. The molecule has 346 valence electrons. The zero-order valence-corrected chi connectivity index (χ0v) is 35.4. The smallest absolute Gasteiger partial charge is 0.331 e.